The molecule has 4 heterocycles. The van der Waals surface area contributed by atoms with Gasteiger partial charge in [0, 0.05) is 57.3 Å². The second kappa shape index (κ2) is 9.26. The molecule has 0 radical (unpaired) electrons. The van der Waals surface area contributed by atoms with Crippen LogP contribution in [0.15, 0.2) is 134 Å². The van der Waals surface area contributed by atoms with Gasteiger partial charge in [0.2, 0.25) is 0 Å². The van der Waals surface area contributed by atoms with Gasteiger partial charge in [-0.2, -0.15) is 0 Å². The third-order valence-corrected chi connectivity index (χ3v) is 8.45. The molecule has 0 amide bonds. The Hall–Kier alpha value is -5.13. The molecule has 0 fully saturated rings. The molecule has 0 aliphatic rings. The van der Waals surface area contributed by atoms with Crippen LogP contribution in [-0.4, -0.2) is 19.5 Å². The molecular formula is C35H22N4S. The van der Waals surface area contributed by atoms with E-state index in [0.29, 0.717) is 0 Å². The Balaban J connectivity index is 1.44. The molecule has 0 aliphatic carbocycles. The molecule has 4 nitrogen and oxygen atoms in total. The molecule has 0 unspecified atom stereocenters. The topological polar surface area (TPSA) is 43.6 Å². The van der Waals surface area contributed by atoms with E-state index in [9.17, 15) is 0 Å². The van der Waals surface area contributed by atoms with Crippen molar-refractivity contribution in [2.24, 2.45) is 0 Å². The first-order valence-electron chi connectivity index (χ1n) is 13.2. The van der Waals surface area contributed by atoms with Crippen molar-refractivity contribution in [3.8, 4) is 38.6 Å². The van der Waals surface area contributed by atoms with Gasteiger partial charge in [-0.1, -0.05) is 66.7 Å². The summed E-state index contributed by atoms with van der Waals surface area (Å²) >= 11 is 1.73. The van der Waals surface area contributed by atoms with Crippen molar-refractivity contribution in [3.05, 3.63) is 134 Å². The molecule has 4 aromatic heterocycles. The number of nitrogens with zero attached hydrogens (tertiary/aromatic N) is 4. The third kappa shape index (κ3) is 3.71. The van der Waals surface area contributed by atoms with E-state index in [1.54, 1.807) is 11.3 Å². The molecular weight excluding hydrogens is 508 g/mol. The SMILES string of the molecule is c1ccc(-c2cccc(-n3c4cc(-c5nc6ccccc6s5)ccc4c4cccc(-c5cccnc5)c43)c2)nc1. The van der Waals surface area contributed by atoms with Crippen LogP contribution >= 0.6 is 11.3 Å². The molecule has 4 aromatic carbocycles. The molecule has 0 saturated carbocycles. The molecule has 0 saturated heterocycles. The largest absolute Gasteiger partial charge is 0.309 e. The highest BCUT2D eigenvalue weighted by Crippen LogP contribution is 2.40. The van der Waals surface area contributed by atoms with Crippen molar-refractivity contribution < 1.29 is 0 Å². The van der Waals surface area contributed by atoms with E-state index >= 15 is 0 Å². The van der Waals surface area contributed by atoms with Crippen LogP contribution in [0.5, 0.6) is 0 Å². The fourth-order valence-electron chi connectivity index (χ4n) is 5.56. The van der Waals surface area contributed by atoms with E-state index in [-0.39, 0.29) is 0 Å². The van der Waals surface area contributed by atoms with Gasteiger partial charge in [-0.25, -0.2) is 4.98 Å². The standard InChI is InChI=1S/C35H22N4S/c1-2-15-33-31(14-1)38-35(40-33)24-16-17-28-29-12-6-11-27(25-9-7-18-36-22-25)34(29)39(32(28)21-24)26-10-5-8-23(20-26)30-13-3-4-19-37-30/h1-22H. The lowest BCUT2D eigenvalue weighted by Gasteiger charge is -2.13. The van der Waals surface area contributed by atoms with Gasteiger partial charge in [-0.05, 0) is 48.5 Å². The summed E-state index contributed by atoms with van der Waals surface area (Å²) in [6.45, 7) is 0. The molecule has 40 heavy (non-hydrogen) atoms. The van der Waals surface area contributed by atoms with Gasteiger partial charge in [0.25, 0.3) is 0 Å². The summed E-state index contributed by atoms with van der Waals surface area (Å²) in [5.74, 6) is 0. The van der Waals surface area contributed by atoms with E-state index in [2.05, 4.69) is 106 Å². The van der Waals surface area contributed by atoms with E-state index in [4.69, 9.17) is 4.98 Å². The highest BCUT2D eigenvalue weighted by molar-refractivity contribution is 7.21. The third-order valence-electron chi connectivity index (χ3n) is 7.37. The number of aromatic nitrogens is 4. The first kappa shape index (κ1) is 22.8. The fraction of sp³-hybridized carbons (Fsp3) is 0. The predicted octanol–water partition coefficient (Wildman–Crippen LogP) is 9.18. The van der Waals surface area contributed by atoms with Crippen LogP contribution in [0.4, 0.5) is 0 Å². The summed E-state index contributed by atoms with van der Waals surface area (Å²) < 4.78 is 3.58. The minimum absolute atomic E-state index is 0.952. The summed E-state index contributed by atoms with van der Waals surface area (Å²) in [6.07, 6.45) is 5.60. The molecule has 0 N–H and O–H groups in total. The Morgan fingerprint density at radius 3 is 2.40 bits per heavy atom. The van der Waals surface area contributed by atoms with Crippen LogP contribution in [0.1, 0.15) is 0 Å². The maximum absolute atomic E-state index is 4.96. The average Bonchev–Trinajstić information content (AvgIpc) is 3.61. The van der Waals surface area contributed by atoms with Crippen molar-refractivity contribution >= 4 is 43.4 Å². The van der Waals surface area contributed by atoms with Gasteiger partial charge in [0.15, 0.2) is 0 Å². The molecule has 0 atom stereocenters. The maximum atomic E-state index is 4.96. The summed E-state index contributed by atoms with van der Waals surface area (Å²) in [4.78, 5) is 14.0. The Kier molecular flexibility index (Phi) is 5.28. The second-order valence-electron chi connectivity index (χ2n) is 9.76. The number of hydrogen-bond donors (Lipinski definition) is 0. The average molecular weight is 531 g/mol. The Bertz CT molecular complexity index is 2130. The van der Waals surface area contributed by atoms with Crippen LogP contribution in [0, 0.1) is 0 Å². The van der Waals surface area contributed by atoms with E-state index in [1.165, 1.54) is 15.5 Å². The molecule has 0 spiro atoms. The highest BCUT2D eigenvalue weighted by atomic mass is 32.1. The lowest BCUT2D eigenvalue weighted by Crippen LogP contribution is -1.97. The van der Waals surface area contributed by atoms with Gasteiger partial charge >= 0.3 is 0 Å². The number of fused-ring (bicyclic) bond motifs is 4. The van der Waals surface area contributed by atoms with Crippen molar-refractivity contribution in [2.75, 3.05) is 0 Å². The number of pyridine rings is 2. The molecule has 8 rings (SSSR count). The molecule has 8 aromatic rings. The van der Waals surface area contributed by atoms with Crippen molar-refractivity contribution in [2.45, 2.75) is 0 Å². The molecule has 0 bridgehead atoms. The normalized spacial score (nSPS) is 11.5. The first-order valence-corrected chi connectivity index (χ1v) is 14.0. The van der Waals surface area contributed by atoms with Crippen LogP contribution in [-0.2, 0) is 0 Å². The zero-order valence-corrected chi connectivity index (χ0v) is 22.2. The highest BCUT2D eigenvalue weighted by Gasteiger charge is 2.18. The van der Waals surface area contributed by atoms with Gasteiger partial charge < -0.3 is 4.57 Å². The first-order chi connectivity index (χ1) is 19.8. The zero-order chi connectivity index (χ0) is 26.5. The lowest BCUT2D eigenvalue weighted by molar-refractivity contribution is 1.18. The molecule has 5 heteroatoms. The maximum Gasteiger partial charge on any atom is 0.124 e. The van der Waals surface area contributed by atoms with Gasteiger partial charge in [-0.3, -0.25) is 9.97 Å². The van der Waals surface area contributed by atoms with Crippen LogP contribution in [0.3, 0.4) is 0 Å². The van der Waals surface area contributed by atoms with Crippen molar-refractivity contribution in [1.29, 1.82) is 0 Å². The monoisotopic (exact) mass is 530 g/mol. The number of para-hydroxylation sites is 2. The summed E-state index contributed by atoms with van der Waals surface area (Å²) in [6, 6.07) is 40.4. The summed E-state index contributed by atoms with van der Waals surface area (Å²) in [7, 11) is 0. The van der Waals surface area contributed by atoms with Crippen LogP contribution < -0.4 is 0 Å². The summed E-state index contributed by atoms with van der Waals surface area (Å²) in [5.41, 5.74) is 9.79. The number of thiazole rings is 1. The van der Waals surface area contributed by atoms with E-state index in [0.717, 1.165) is 55.2 Å². The minimum Gasteiger partial charge on any atom is -0.309 e. The smallest absolute Gasteiger partial charge is 0.124 e. The van der Waals surface area contributed by atoms with Gasteiger partial charge in [0.1, 0.15) is 5.01 Å². The van der Waals surface area contributed by atoms with Crippen LogP contribution in [0.2, 0.25) is 0 Å². The van der Waals surface area contributed by atoms with Gasteiger partial charge in [0.05, 0.1) is 26.9 Å². The predicted molar refractivity (Wildman–Crippen MR) is 166 cm³/mol. The second-order valence-corrected chi connectivity index (χ2v) is 10.8. The Morgan fingerprint density at radius 1 is 0.625 bits per heavy atom. The van der Waals surface area contributed by atoms with Gasteiger partial charge in [-0.15, -0.1) is 11.3 Å². The summed E-state index contributed by atoms with van der Waals surface area (Å²) in [5, 5.41) is 3.43. The molecule has 0 aliphatic heterocycles. The zero-order valence-electron chi connectivity index (χ0n) is 21.4. The quantitative estimate of drug-likeness (QED) is 0.228. The Morgan fingerprint density at radius 2 is 1.52 bits per heavy atom. The van der Waals surface area contributed by atoms with Crippen molar-refractivity contribution in [1.82, 2.24) is 19.5 Å². The number of rotatable bonds is 4. The van der Waals surface area contributed by atoms with Crippen molar-refractivity contribution in [3.63, 3.8) is 0 Å². The number of benzene rings is 4. The van der Waals surface area contributed by atoms with E-state index in [1.807, 2.05) is 42.9 Å². The number of hydrogen-bond acceptors (Lipinski definition) is 4. The fourth-order valence-corrected chi connectivity index (χ4v) is 6.52. The Labute approximate surface area is 234 Å². The van der Waals surface area contributed by atoms with E-state index < -0.39 is 0 Å². The lowest BCUT2D eigenvalue weighted by atomic mass is 10.0. The minimum atomic E-state index is 0.952. The van der Waals surface area contributed by atoms with Crippen LogP contribution in [0.25, 0.3) is 70.7 Å². The molecule has 188 valence electrons.